The van der Waals surface area contributed by atoms with Gasteiger partial charge in [-0.2, -0.15) is 0 Å². The van der Waals surface area contributed by atoms with Crippen molar-refractivity contribution >= 4 is 5.97 Å². The molecule has 4 aliphatic rings. The van der Waals surface area contributed by atoms with Gasteiger partial charge in [0, 0.05) is 6.42 Å². The molecule has 0 aromatic heterocycles. The van der Waals surface area contributed by atoms with Crippen LogP contribution in [0.2, 0.25) is 0 Å². The molecule has 4 aliphatic carbocycles. The van der Waals surface area contributed by atoms with E-state index in [1.807, 2.05) is 0 Å². The first-order valence-electron chi connectivity index (χ1n) is 13.2. The van der Waals surface area contributed by atoms with Crippen LogP contribution in [-0.2, 0) is 9.53 Å². The predicted molar refractivity (Wildman–Crippen MR) is 124 cm³/mol. The van der Waals surface area contributed by atoms with Crippen LogP contribution < -0.4 is 0 Å². The summed E-state index contributed by atoms with van der Waals surface area (Å²) in [6, 6.07) is 0. The van der Waals surface area contributed by atoms with Gasteiger partial charge in [0.1, 0.15) is 0 Å². The van der Waals surface area contributed by atoms with Gasteiger partial charge in [-0.3, -0.25) is 4.79 Å². The second-order valence-corrected chi connectivity index (χ2v) is 12.4. The number of carbonyl (C=O) groups excluding carboxylic acids is 1. The normalized spacial score (nSPS) is 51.3. The number of methoxy groups -OCH3 is 1. The molecular weight excluding hydrogens is 404 g/mol. The third-order valence-corrected chi connectivity index (χ3v) is 11.1. The highest BCUT2D eigenvalue weighted by Gasteiger charge is 2.66. The summed E-state index contributed by atoms with van der Waals surface area (Å²) in [4.78, 5) is 11.7. The Kier molecular flexibility index (Phi) is 6.77. The Bertz CT molecular complexity index is 696. The lowest BCUT2D eigenvalue weighted by Gasteiger charge is -2.64. The Hall–Kier alpha value is -0.650. The van der Waals surface area contributed by atoms with E-state index in [4.69, 9.17) is 4.74 Å². The van der Waals surface area contributed by atoms with E-state index in [0.29, 0.717) is 24.2 Å². The van der Waals surface area contributed by atoms with Crippen LogP contribution in [0.5, 0.6) is 0 Å². The van der Waals surface area contributed by atoms with E-state index in [9.17, 15) is 20.1 Å². The summed E-state index contributed by atoms with van der Waals surface area (Å²) in [5, 5.41) is 33.5. The van der Waals surface area contributed by atoms with Crippen molar-refractivity contribution in [1.82, 2.24) is 0 Å². The van der Waals surface area contributed by atoms with Crippen LogP contribution in [0.3, 0.4) is 0 Å². The summed E-state index contributed by atoms with van der Waals surface area (Å²) >= 11 is 0. The molecule has 5 nitrogen and oxygen atoms in total. The molecule has 0 bridgehead atoms. The molecule has 0 aromatic rings. The molecule has 4 rings (SSSR count). The zero-order valence-electron chi connectivity index (χ0n) is 20.8. The molecule has 0 saturated heterocycles. The van der Waals surface area contributed by atoms with Gasteiger partial charge in [0.15, 0.2) is 0 Å². The van der Waals surface area contributed by atoms with E-state index in [-0.39, 0.29) is 58.8 Å². The van der Waals surface area contributed by atoms with E-state index in [2.05, 4.69) is 27.7 Å². The topological polar surface area (TPSA) is 87.0 Å². The minimum absolute atomic E-state index is 0.00717. The Morgan fingerprint density at radius 3 is 2.38 bits per heavy atom. The predicted octanol–water partition coefficient (Wildman–Crippen LogP) is 4.17. The van der Waals surface area contributed by atoms with Gasteiger partial charge < -0.3 is 20.1 Å². The van der Waals surface area contributed by atoms with Crippen molar-refractivity contribution in [2.45, 2.75) is 104 Å². The zero-order chi connectivity index (χ0) is 23.4. The van der Waals surface area contributed by atoms with Gasteiger partial charge in [0.05, 0.1) is 25.4 Å². The third-order valence-electron chi connectivity index (χ3n) is 11.1. The second kappa shape index (κ2) is 8.85. The fourth-order valence-electron chi connectivity index (χ4n) is 9.67. The van der Waals surface area contributed by atoms with Gasteiger partial charge in [-0.25, -0.2) is 0 Å². The average Bonchev–Trinajstić information content (AvgIpc) is 3.03. The smallest absolute Gasteiger partial charge is 0.305 e. The third kappa shape index (κ3) is 3.65. The van der Waals surface area contributed by atoms with Gasteiger partial charge in [-0.05, 0) is 97.2 Å². The number of hydrogen-bond donors (Lipinski definition) is 3. The molecule has 12 atom stereocenters. The molecule has 184 valence electrons. The minimum atomic E-state index is -0.373. The number of aliphatic hydroxyl groups is 3. The Morgan fingerprint density at radius 1 is 1.03 bits per heavy atom. The summed E-state index contributed by atoms with van der Waals surface area (Å²) in [6.07, 6.45) is 6.83. The van der Waals surface area contributed by atoms with Crippen molar-refractivity contribution in [2.75, 3.05) is 7.11 Å². The fraction of sp³-hybridized carbons (Fsp3) is 0.963. The summed E-state index contributed by atoms with van der Waals surface area (Å²) in [6.45, 7) is 9.18. The Labute approximate surface area is 194 Å². The molecule has 3 N–H and O–H groups in total. The number of esters is 1. The quantitative estimate of drug-likeness (QED) is 0.547. The molecule has 4 unspecified atom stereocenters. The SMILES string of the molecule is CC[C@H]1C(O)C2C3C[C@H](O)[C@H]([C@H](C)CCC(=O)OC)[C@@]3(C)CCC2[C@@]2(C)CC[C@@H](O)C[C@@H]12. The molecule has 4 saturated carbocycles. The van der Waals surface area contributed by atoms with Gasteiger partial charge in [0.2, 0.25) is 0 Å². The van der Waals surface area contributed by atoms with Crippen LogP contribution in [0, 0.1) is 52.3 Å². The minimum Gasteiger partial charge on any atom is -0.469 e. The van der Waals surface area contributed by atoms with Gasteiger partial charge >= 0.3 is 5.97 Å². The lowest BCUT2D eigenvalue weighted by Crippen LogP contribution is -2.62. The summed E-state index contributed by atoms with van der Waals surface area (Å²) in [5.74, 6) is 1.84. The highest BCUT2D eigenvalue weighted by molar-refractivity contribution is 5.69. The molecular formula is C27H46O5. The van der Waals surface area contributed by atoms with Crippen LogP contribution >= 0.6 is 0 Å². The standard InChI is InChI=1S/C27H46O5/c1-6-17-19-13-16(28)9-11-26(19,3)18-10-12-27(4)20(23(18)25(17)31)14-21(29)24(27)15(2)7-8-22(30)32-5/h15-21,23-25,28-29,31H,6-14H2,1-5H3/t15-,16-,17-,18?,19+,20?,21+,23?,24+,25?,26-,27+/m1/s1. The average molecular weight is 451 g/mol. The Morgan fingerprint density at radius 2 is 1.72 bits per heavy atom. The first-order chi connectivity index (χ1) is 15.1. The molecule has 0 radical (unpaired) electrons. The van der Waals surface area contributed by atoms with E-state index in [0.717, 1.165) is 51.4 Å². The first kappa shape index (κ1) is 24.5. The monoisotopic (exact) mass is 450 g/mol. The van der Waals surface area contributed by atoms with Gasteiger partial charge in [-0.1, -0.05) is 34.1 Å². The van der Waals surface area contributed by atoms with Crippen molar-refractivity contribution in [3.8, 4) is 0 Å². The molecule has 0 amide bonds. The fourth-order valence-corrected chi connectivity index (χ4v) is 9.67. The highest BCUT2D eigenvalue weighted by Crippen LogP contribution is 2.69. The van der Waals surface area contributed by atoms with Crippen LogP contribution in [-0.4, -0.2) is 46.7 Å². The van der Waals surface area contributed by atoms with Crippen molar-refractivity contribution in [1.29, 1.82) is 0 Å². The molecule has 0 aliphatic heterocycles. The van der Waals surface area contributed by atoms with Crippen molar-refractivity contribution in [3.05, 3.63) is 0 Å². The largest absolute Gasteiger partial charge is 0.469 e. The van der Waals surface area contributed by atoms with Crippen molar-refractivity contribution in [3.63, 3.8) is 0 Å². The van der Waals surface area contributed by atoms with Crippen molar-refractivity contribution in [2.24, 2.45) is 52.3 Å². The van der Waals surface area contributed by atoms with E-state index in [1.165, 1.54) is 7.11 Å². The number of rotatable bonds is 5. The van der Waals surface area contributed by atoms with Crippen LogP contribution in [0.15, 0.2) is 0 Å². The number of aliphatic hydroxyl groups excluding tert-OH is 3. The molecule has 0 aromatic carbocycles. The van der Waals surface area contributed by atoms with E-state index in [1.54, 1.807) is 0 Å². The molecule has 4 fully saturated rings. The number of fused-ring (bicyclic) bond motifs is 5. The number of hydrogen-bond acceptors (Lipinski definition) is 5. The van der Waals surface area contributed by atoms with Gasteiger partial charge in [0.25, 0.3) is 0 Å². The molecule has 5 heteroatoms. The lowest BCUT2D eigenvalue weighted by atomic mass is 9.41. The molecule has 32 heavy (non-hydrogen) atoms. The lowest BCUT2D eigenvalue weighted by molar-refractivity contribution is -0.203. The van der Waals surface area contributed by atoms with E-state index >= 15 is 0 Å². The van der Waals surface area contributed by atoms with Crippen molar-refractivity contribution < 1.29 is 24.9 Å². The maximum absolute atomic E-state index is 11.8. The molecule has 0 heterocycles. The van der Waals surface area contributed by atoms with Crippen LogP contribution in [0.1, 0.15) is 85.5 Å². The highest BCUT2D eigenvalue weighted by atomic mass is 16.5. The summed E-state index contributed by atoms with van der Waals surface area (Å²) < 4.78 is 4.85. The van der Waals surface area contributed by atoms with Crippen LogP contribution in [0.4, 0.5) is 0 Å². The second-order valence-electron chi connectivity index (χ2n) is 12.4. The first-order valence-corrected chi connectivity index (χ1v) is 13.2. The van der Waals surface area contributed by atoms with Crippen LogP contribution in [0.25, 0.3) is 0 Å². The zero-order valence-corrected chi connectivity index (χ0v) is 20.8. The number of carbonyl (C=O) groups is 1. The number of ether oxygens (including phenoxy) is 1. The summed E-state index contributed by atoms with van der Waals surface area (Å²) in [5.41, 5.74) is 0.164. The van der Waals surface area contributed by atoms with E-state index < -0.39 is 0 Å². The van der Waals surface area contributed by atoms with Gasteiger partial charge in [-0.15, -0.1) is 0 Å². The maximum atomic E-state index is 11.8. The molecule has 0 spiro atoms. The maximum Gasteiger partial charge on any atom is 0.305 e. The summed E-state index contributed by atoms with van der Waals surface area (Å²) in [7, 11) is 1.43. The Balaban J connectivity index is 1.62.